The van der Waals surface area contributed by atoms with E-state index in [9.17, 15) is 0 Å². The molecule has 0 bridgehead atoms. The van der Waals surface area contributed by atoms with Crippen LogP contribution < -0.4 is 0 Å². The molecule has 2 heteroatoms. The lowest BCUT2D eigenvalue weighted by Gasteiger charge is -2.29. The van der Waals surface area contributed by atoms with Gasteiger partial charge in [-0.1, -0.05) is 6.92 Å². The van der Waals surface area contributed by atoms with Crippen LogP contribution in [0, 0.1) is 5.92 Å². The highest BCUT2D eigenvalue weighted by atomic mass is 15.1. The molecule has 0 aromatic carbocycles. The first-order chi connectivity index (χ1) is 5.11. The molecule has 0 aromatic rings. The summed E-state index contributed by atoms with van der Waals surface area (Å²) in [6.45, 7) is 3.50. The Morgan fingerprint density at radius 2 is 2.09 bits per heavy atom. The zero-order valence-corrected chi connectivity index (χ0v) is 8.04. The summed E-state index contributed by atoms with van der Waals surface area (Å²) in [7, 11) is 6.49. The van der Waals surface area contributed by atoms with Gasteiger partial charge in [-0.25, -0.2) is 4.58 Å². The van der Waals surface area contributed by atoms with Crippen molar-refractivity contribution in [3.63, 3.8) is 0 Å². The Kier molecular flexibility index (Phi) is 2.66. The first kappa shape index (κ1) is 8.72. The largest absolute Gasteiger partial charge is 0.300 e. The Morgan fingerprint density at radius 3 is 2.55 bits per heavy atom. The highest BCUT2D eigenvalue weighted by Crippen LogP contribution is 2.14. The molecule has 0 fully saturated rings. The van der Waals surface area contributed by atoms with Crippen LogP contribution in [0.2, 0.25) is 0 Å². The molecule has 1 aliphatic rings. The molecular weight excluding hydrogens is 136 g/mol. The van der Waals surface area contributed by atoms with Gasteiger partial charge in [-0.05, 0) is 20.0 Å². The summed E-state index contributed by atoms with van der Waals surface area (Å²) in [5.74, 6) is 0.807. The van der Waals surface area contributed by atoms with Crippen LogP contribution in [0.1, 0.15) is 13.3 Å². The normalized spacial score (nSPS) is 32.3. The third-order valence-electron chi connectivity index (χ3n) is 2.58. The highest BCUT2D eigenvalue weighted by Gasteiger charge is 2.26. The molecule has 2 atom stereocenters. The minimum Gasteiger partial charge on any atom is -0.300 e. The lowest BCUT2D eigenvalue weighted by molar-refractivity contribution is -0.506. The third-order valence-corrected chi connectivity index (χ3v) is 2.58. The molecular formula is C9H19N2+. The van der Waals surface area contributed by atoms with Crippen LogP contribution in [0.4, 0.5) is 0 Å². The van der Waals surface area contributed by atoms with Crippen LogP contribution in [0.3, 0.4) is 0 Å². The summed E-state index contributed by atoms with van der Waals surface area (Å²) in [5.41, 5.74) is 0. The van der Waals surface area contributed by atoms with Crippen molar-refractivity contribution in [1.82, 2.24) is 4.90 Å². The number of hydrogen-bond donors (Lipinski definition) is 0. The van der Waals surface area contributed by atoms with E-state index in [4.69, 9.17) is 0 Å². The van der Waals surface area contributed by atoms with E-state index in [0.717, 1.165) is 12.0 Å². The second-order valence-electron chi connectivity index (χ2n) is 3.87. The monoisotopic (exact) mass is 155 g/mol. The minimum atomic E-state index is 0.727. The summed E-state index contributed by atoms with van der Waals surface area (Å²) in [4.78, 5) is 2.33. The molecule has 1 heterocycles. The van der Waals surface area contributed by atoms with Gasteiger partial charge in [0, 0.05) is 6.42 Å². The molecule has 1 rings (SSSR count). The zero-order chi connectivity index (χ0) is 8.43. The predicted molar refractivity (Wildman–Crippen MR) is 48.4 cm³/mol. The van der Waals surface area contributed by atoms with Gasteiger partial charge in [0.25, 0.3) is 0 Å². The van der Waals surface area contributed by atoms with E-state index in [1.807, 2.05) is 0 Å². The molecule has 0 N–H and O–H groups in total. The maximum Gasteiger partial charge on any atom is 0.157 e. The van der Waals surface area contributed by atoms with E-state index >= 15 is 0 Å². The van der Waals surface area contributed by atoms with Gasteiger partial charge in [-0.2, -0.15) is 0 Å². The van der Waals surface area contributed by atoms with Gasteiger partial charge in [0.15, 0.2) is 6.54 Å². The maximum absolute atomic E-state index is 2.33. The van der Waals surface area contributed by atoms with Crippen molar-refractivity contribution >= 4 is 6.21 Å². The molecule has 0 amide bonds. The van der Waals surface area contributed by atoms with Crippen molar-refractivity contribution in [1.29, 1.82) is 0 Å². The van der Waals surface area contributed by atoms with Crippen molar-refractivity contribution in [2.24, 2.45) is 5.92 Å². The Balaban J connectivity index is 2.60. The number of rotatable bonds is 1. The second kappa shape index (κ2) is 3.35. The summed E-state index contributed by atoms with van der Waals surface area (Å²) in [5, 5.41) is 0. The molecule has 2 nitrogen and oxygen atoms in total. The van der Waals surface area contributed by atoms with E-state index < -0.39 is 0 Å². The number of likely N-dealkylation sites (N-methyl/N-ethyl adjacent to an activating group) is 2. The molecule has 0 spiro atoms. The van der Waals surface area contributed by atoms with Crippen LogP contribution in [0.5, 0.6) is 0 Å². The first-order valence-corrected chi connectivity index (χ1v) is 4.31. The van der Waals surface area contributed by atoms with Crippen LogP contribution in [0.15, 0.2) is 0 Å². The Bertz CT molecular complexity index is 161. The van der Waals surface area contributed by atoms with Crippen LogP contribution in [-0.2, 0) is 0 Å². The third kappa shape index (κ3) is 2.03. The highest BCUT2D eigenvalue weighted by molar-refractivity contribution is 5.52. The molecule has 0 radical (unpaired) electrons. The van der Waals surface area contributed by atoms with Crippen molar-refractivity contribution in [3.8, 4) is 0 Å². The lowest BCUT2D eigenvalue weighted by atomic mass is 9.95. The molecule has 1 aliphatic heterocycles. The molecule has 0 aromatic heterocycles. The van der Waals surface area contributed by atoms with E-state index in [0.29, 0.717) is 0 Å². The fourth-order valence-corrected chi connectivity index (χ4v) is 1.73. The molecule has 11 heavy (non-hydrogen) atoms. The van der Waals surface area contributed by atoms with Crippen molar-refractivity contribution in [3.05, 3.63) is 0 Å². The van der Waals surface area contributed by atoms with Gasteiger partial charge < -0.3 is 4.90 Å². The van der Waals surface area contributed by atoms with Gasteiger partial charge in [0.1, 0.15) is 13.3 Å². The summed E-state index contributed by atoms with van der Waals surface area (Å²) < 4.78 is 2.30. The van der Waals surface area contributed by atoms with E-state index in [-0.39, 0.29) is 0 Å². The van der Waals surface area contributed by atoms with Gasteiger partial charge in [-0.15, -0.1) is 0 Å². The van der Waals surface area contributed by atoms with Crippen LogP contribution in [-0.4, -0.2) is 49.4 Å². The van der Waals surface area contributed by atoms with Crippen LogP contribution >= 0.6 is 0 Å². The second-order valence-corrected chi connectivity index (χ2v) is 3.87. The average molecular weight is 155 g/mol. The van der Waals surface area contributed by atoms with Gasteiger partial charge in [0.05, 0.1) is 6.04 Å². The number of hydrogen-bond acceptors (Lipinski definition) is 1. The Morgan fingerprint density at radius 1 is 1.45 bits per heavy atom. The molecule has 2 unspecified atom stereocenters. The average Bonchev–Trinajstić information content (AvgIpc) is 1.94. The lowest BCUT2D eigenvalue weighted by Crippen LogP contribution is -2.43. The first-order valence-electron chi connectivity index (χ1n) is 4.31. The smallest absolute Gasteiger partial charge is 0.157 e. The van der Waals surface area contributed by atoms with E-state index in [2.05, 4.69) is 43.8 Å². The van der Waals surface area contributed by atoms with Crippen LogP contribution in [0.25, 0.3) is 0 Å². The number of nitrogens with zero attached hydrogens (tertiary/aromatic N) is 2. The minimum absolute atomic E-state index is 0.727. The van der Waals surface area contributed by atoms with Gasteiger partial charge in [0.2, 0.25) is 0 Å². The van der Waals surface area contributed by atoms with Gasteiger partial charge >= 0.3 is 0 Å². The Hall–Kier alpha value is -0.370. The van der Waals surface area contributed by atoms with Crippen molar-refractivity contribution < 1.29 is 4.58 Å². The van der Waals surface area contributed by atoms with Crippen molar-refractivity contribution in [2.45, 2.75) is 19.4 Å². The zero-order valence-electron chi connectivity index (χ0n) is 8.04. The predicted octanol–water partition coefficient (Wildman–Crippen LogP) is 0.669. The molecule has 0 saturated heterocycles. The molecule has 0 aliphatic carbocycles. The van der Waals surface area contributed by atoms with Gasteiger partial charge in [-0.3, -0.25) is 0 Å². The summed E-state index contributed by atoms with van der Waals surface area (Å²) >= 11 is 0. The topological polar surface area (TPSA) is 6.25 Å². The van der Waals surface area contributed by atoms with Crippen molar-refractivity contribution in [2.75, 3.05) is 27.7 Å². The van der Waals surface area contributed by atoms with E-state index in [1.165, 1.54) is 13.0 Å². The fraction of sp³-hybridized carbons (Fsp3) is 0.889. The SMILES string of the molecule is CC1CC=[N+](C)CC1N(C)C. The quantitative estimate of drug-likeness (QED) is 0.504. The summed E-state index contributed by atoms with van der Waals surface area (Å²) in [6.07, 6.45) is 3.52. The molecule has 0 saturated carbocycles. The standard InChI is InChI=1S/C9H19N2/c1-8-5-6-11(4)7-9(8)10(2)3/h6,8-9H,5,7H2,1-4H3/q+1. The summed E-state index contributed by atoms with van der Waals surface area (Å²) in [6, 6.07) is 0.727. The Labute approximate surface area is 69.5 Å². The fourth-order valence-electron chi connectivity index (χ4n) is 1.73. The molecule has 64 valence electrons. The maximum atomic E-state index is 2.33. The van der Waals surface area contributed by atoms with E-state index in [1.54, 1.807) is 0 Å².